The number of rotatable bonds is 34. The summed E-state index contributed by atoms with van der Waals surface area (Å²) >= 11 is 0. The van der Waals surface area contributed by atoms with Gasteiger partial charge in [-0.2, -0.15) is 0 Å². The van der Waals surface area contributed by atoms with Gasteiger partial charge in [0.15, 0.2) is 0 Å². The molecule has 0 aromatic heterocycles. The Bertz CT molecular complexity index is 1090. The van der Waals surface area contributed by atoms with Crippen molar-refractivity contribution in [2.45, 2.75) is 148 Å². The fraction of sp³-hybridized carbons (Fsp3) is 0.690. The number of hydrogen-bond donors (Lipinski definition) is 4. The topological polar surface area (TPSA) is 125 Å². The smallest absolute Gasteiger partial charge is 0.393 e. The summed E-state index contributed by atoms with van der Waals surface area (Å²) in [4.78, 5) is 23.0. The highest BCUT2D eigenvalue weighted by Gasteiger charge is 2.27. The largest absolute Gasteiger partial charge is 0.472 e. The molecular formula is C42H76N2O7P+. The second kappa shape index (κ2) is 33.5. The number of allylic oxidation sites excluding steroid dienone is 11. The number of nitrogens with one attached hydrogen (secondary N) is 1. The van der Waals surface area contributed by atoms with Gasteiger partial charge in [0.1, 0.15) is 13.2 Å². The van der Waals surface area contributed by atoms with Gasteiger partial charge in [0.2, 0.25) is 5.91 Å². The van der Waals surface area contributed by atoms with Gasteiger partial charge in [-0.1, -0.05) is 119 Å². The lowest BCUT2D eigenvalue weighted by Crippen LogP contribution is -2.45. The lowest BCUT2D eigenvalue weighted by atomic mass is 10.1. The number of carbonyl (C=O) groups is 1. The molecule has 1 amide bonds. The lowest BCUT2D eigenvalue weighted by molar-refractivity contribution is -0.870. The molecule has 0 radical (unpaired) electrons. The summed E-state index contributed by atoms with van der Waals surface area (Å²) < 4.78 is 23.4. The number of hydrogen-bond acceptors (Lipinski definition) is 6. The summed E-state index contributed by atoms with van der Waals surface area (Å²) in [7, 11) is 1.48. The summed E-state index contributed by atoms with van der Waals surface area (Å²) in [5, 5.41) is 23.2. The maximum Gasteiger partial charge on any atom is 0.472 e. The van der Waals surface area contributed by atoms with Crippen molar-refractivity contribution in [1.82, 2.24) is 5.32 Å². The highest BCUT2D eigenvalue weighted by Crippen LogP contribution is 2.43. The first kappa shape index (κ1) is 49.9. The minimum atomic E-state index is -4.37. The molecule has 0 aromatic carbocycles. The van der Waals surface area contributed by atoms with Gasteiger partial charge >= 0.3 is 7.82 Å². The van der Waals surface area contributed by atoms with Gasteiger partial charge in [0.25, 0.3) is 0 Å². The Morgan fingerprint density at radius 3 is 1.88 bits per heavy atom. The van der Waals surface area contributed by atoms with Gasteiger partial charge in [-0.25, -0.2) is 4.57 Å². The maximum absolute atomic E-state index is 12.8. The average molecular weight is 752 g/mol. The monoisotopic (exact) mass is 752 g/mol. The van der Waals surface area contributed by atoms with E-state index in [1.165, 1.54) is 38.5 Å². The summed E-state index contributed by atoms with van der Waals surface area (Å²) in [6.45, 7) is 4.41. The van der Waals surface area contributed by atoms with Crippen molar-refractivity contribution < 1.29 is 38.0 Å². The molecular weight excluding hydrogens is 675 g/mol. The van der Waals surface area contributed by atoms with Crippen LogP contribution in [0.1, 0.15) is 129 Å². The zero-order valence-electron chi connectivity index (χ0n) is 33.4. The minimum Gasteiger partial charge on any atom is -0.393 e. The van der Waals surface area contributed by atoms with E-state index in [0.29, 0.717) is 17.4 Å². The highest BCUT2D eigenvalue weighted by atomic mass is 31.2. The van der Waals surface area contributed by atoms with E-state index >= 15 is 0 Å². The maximum atomic E-state index is 12.8. The zero-order chi connectivity index (χ0) is 38.8. The molecule has 4 atom stereocenters. The van der Waals surface area contributed by atoms with Crippen molar-refractivity contribution >= 4 is 13.7 Å². The van der Waals surface area contributed by atoms with E-state index < -0.39 is 20.0 Å². The molecule has 4 N–H and O–H groups in total. The van der Waals surface area contributed by atoms with Crippen molar-refractivity contribution in [2.75, 3.05) is 40.9 Å². The normalized spacial score (nSPS) is 15.9. The molecule has 0 aliphatic heterocycles. The number of likely N-dealkylation sites (N-methyl/N-ethyl adjacent to an activating group) is 1. The van der Waals surface area contributed by atoms with Crippen LogP contribution in [0.5, 0.6) is 0 Å². The predicted octanol–water partition coefficient (Wildman–Crippen LogP) is 9.43. The molecule has 0 fully saturated rings. The summed E-state index contributed by atoms with van der Waals surface area (Å²) in [5.41, 5.74) is 0. The number of nitrogens with zero attached hydrogens (tertiary/aromatic N) is 1. The number of amides is 1. The van der Waals surface area contributed by atoms with Crippen molar-refractivity contribution in [3.8, 4) is 0 Å². The zero-order valence-corrected chi connectivity index (χ0v) is 34.3. The van der Waals surface area contributed by atoms with Gasteiger partial charge in [0.05, 0.1) is 46.0 Å². The van der Waals surface area contributed by atoms with E-state index in [4.69, 9.17) is 9.05 Å². The van der Waals surface area contributed by atoms with Crippen LogP contribution >= 0.6 is 7.82 Å². The standard InChI is InChI=1S/C42H75N2O7P/c1-6-8-9-10-11-12-13-19-22-25-28-31-34-41(46)40(38-51-52(48,49)50-37-36-44(3,4)5)43-42(47)35-32-29-26-23-20-17-15-14-16-18-21-24-27-30-33-39(45)7-2/h15-19,22-24,26-27,31,34,39-41,45-46H,6-14,20-21,25,28-30,32-33,35-38H2,1-5H3,(H-,43,47,48,49)/p+1/b17-15-,18-16-,22-19-,26-23-,27-24-,34-31+/t39-,40+,41-/m1/s1. The van der Waals surface area contributed by atoms with Crippen LogP contribution in [0.2, 0.25) is 0 Å². The first-order valence-corrected chi connectivity index (χ1v) is 21.4. The predicted molar refractivity (Wildman–Crippen MR) is 218 cm³/mol. The second-order valence-electron chi connectivity index (χ2n) is 14.4. The number of aliphatic hydroxyl groups excluding tert-OH is 2. The number of aliphatic hydroxyl groups is 2. The molecule has 0 aromatic rings. The quantitative estimate of drug-likeness (QED) is 0.0224. The molecule has 0 spiro atoms. The van der Waals surface area contributed by atoms with Crippen LogP contribution in [0, 0.1) is 0 Å². The number of unbranched alkanes of at least 4 members (excludes halogenated alkanes) is 8. The Morgan fingerprint density at radius 1 is 0.712 bits per heavy atom. The molecule has 9 nitrogen and oxygen atoms in total. The highest BCUT2D eigenvalue weighted by molar-refractivity contribution is 7.47. The van der Waals surface area contributed by atoms with Crippen LogP contribution in [0.15, 0.2) is 72.9 Å². The Hall–Kier alpha value is -2.10. The van der Waals surface area contributed by atoms with E-state index in [9.17, 15) is 24.5 Å². The average Bonchev–Trinajstić information content (AvgIpc) is 3.09. The van der Waals surface area contributed by atoms with E-state index in [2.05, 4.69) is 73.0 Å². The van der Waals surface area contributed by atoms with E-state index in [1.807, 2.05) is 34.1 Å². The summed E-state index contributed by atoms with van der Waals surface area (Å²) in [6.07, 6.45) is 40.6. The first-order chi connectivity index (χ1) is 24.9. The molecule has 300 valence electrons. The fourth-order valence-electron chi connectivity index (χ4n) is 4.91. The lowest BCUT2D eigenvalue weighted by Gasteiger charge is -2.25. The molecule has 1 unspecified atom stereocenters. The van der Waals surface area contributed by atoms with Crippen molar-refractivity contribution in [3.63, 3.8) is 0 Å². The fourth-order valence-corrected chi connectivity index (χ4v) is 5.64. The number of phosphoric ester groups is 1. The Kier molecular flexibility index (Phi) is 32.1. The van der Waals surface area contributed by atoms with E-state index in [0.717, 1.165) is 64.2 Å². The summed E-state index contributed by atoms with van der Waals surface area (Å²) in [5.74, 6) is -0.258. The van der Waals surface area contributed by atoms with Gasteiger partial charge in [-0.05, 0) is 77.0 Å². The summed E-state index contributed by atoms with van der Waals surface area (Å²) in [6, 6.07) is -0.903. The van der Waals surface area contributed by atoms with Crippen LogP contribution in [0.4, 0.5) is 0 Å². The molecule has 52 heavy (non-hydrogen) atoms. The molecule has 0 aliphatic rings. The minimum absolute atomic E-state index is 0.0359. The van der Waals surface area contributed by atoms with Crippen molar-refractivity contribution in [3.05, 3.63) is 72.9 Å². The van der Waals surface area contributed by atoms with Crippen LogP contribution < -0.4 is 5.32 Å². The van der Waals surface area contributed by atoms with Gasteiger partial charge < -0.3 is 24.9 Å². The van der Waals surface area contributed by atoms with E-state index in [1.54, 1.807) is 6.08 Å². The first-order valence-electron chi connectivity index (χ1n) is 19.9. The second-order valence-corrected chi connectivity index (χ2v) is 15.9. The SMILES string of the molecule is CCCCCCCC/C=C\CC/C=C/[C@@H](O)[C@H](COP(=O)(O)OCC[N+](C)(C)C)NC(=O)CCC/C=C\C/C=C\C/C=C\C/C=C\CC[C@H](O)CC. The molecule has 0 saturated heterocycles. The van der Waals surface area contributed by atoms with Crippen molar-refractivity contribution in [1.29, 1.82) is 0 Å². The number of phosphoric acid groups is 1. The van der Waals surface area contributed by atoms with Gasteiger partial charge in [0, 0.05) is 6.42 Å². The van der Waals surface area contributed by atoms with E-state index in [-0.39, 0.29) is 31.6 Å². The third kappa shape index (κ3) is 35.0. The molecule has 0 saturated carbocycles. The third-order valence-electron chi connectivity index (χ3n) is 8.31. The molecule has 0 aliphatic carbocycles. The number of carbonyl (C=O) groups excluding carboxylic acids is 1. The van der Waals surface area contributed by atoms with Crippen LogP contribution in [-0.2, 0) is 18.4 Å². The molecule has 10 heteroatoms. The molecule has 0 heterocycles. The number of quaternary nitrogens is 1. The van der Waals surface area contributed by atoms with Crippen LogP contribution in [0.3, 0.4) is 0 Å². The Labute approximate surface area is 317 Å². The van der Waals surface area contributed by atoms with Gasteiger partial charge in [-0.3, -0.25) is 13.8 Å². The molecule has 0 rings (SSSR count). The van der Waals surface area contributed by atoms with Gasteiger partial charge in [-0.15, -0.1) is 0 Å². The Morgan fingerprint density at radius 2 is 1.25 bits per heavy atom. The van der Waals surface area contributed by atoms with Crippen LogP contribution in [0.25, 0.3) is 0 Å². The van der Waals surface area contributed by atoms with Crippen molar-refractivity contribution in [2.24, 2.45) is 0 Å². The third-order valence-corrected chi connectivity index (χ3v) is 9.30. The Balaban J connectivity index is 4.67. The molecule has 0 bridgehead atoms. The van der Waals surface area contributed by atoms with Crippen LogP contribution in [-0.4, -0.2) is 84.6 Å².